The average molecular weight is 615 g/mol. The smallest absolute Gasteiger partial charge is 0.340 e. The number of nitrogen functional groups attached to an aromatic ring is 3. The minimum atomic E-state index is -1.60. The van der Waals surface area contributed by atoms with E-state index < -0.39 is 55.7 Å². The Morgan fingerprint density at radius 1 is 0.511 bits per heavy atom. The van der Waals surface area contributed by atoms with Gasteiger partial charge in [-0.1, -0.05) is 48.6 Å². The average Bonchev–Trinajstić information content (AvgIpc) is 3.04. The molecule has 4 rings (SSSR count). The van der Waals surface area contributed by atoms with Crippen LogP contribution in [0.25, 0.3) is 0 Å². The molecule has 0 bridgehead atoms. The Morgan fingerprint density at radius 3 is 1.20 bits per heavy atom. The molecule has 12 nitrogen and oxygen atoms in total. The second kappa shape index (κ2) is 14.6. The summed E-state index contributed by atoms with van der Waals surface area (Å²) in [5, 5.41) is 0. The van der Waals surface area contributed by atoms with E-state index in [1.807, 2.05) is 0 Å². The first-order chi connectivity index (χ1) is 21.6. The monoisotopic (exact) mass is 614 g/mol. The number of carbonyl (C=O) groups is 4. The number of benzene rings is 3. The van der Waals surface area contributed by atoms with Crippen LogP contribution in [0.3, 0.4) is 0 Å². The van der Waals surface area contributed by atoms with E-state index in [-0.39, 0.29) is 45.0 Å². The molecule has 0 saturated heterocycles. The number of esters is 4. The third kappa shape index (κ3) is 8.20. The van der Waals surface area contributed by atoms with Crippen molar-refractivity contribution in [2.45, 2.75) is 12.8 Å². The lowest BCUT2D eigenvalue weighted by Gasteiger charge is -2.32. The van der Waals surface area contributed by atoms with Gasteiger partial charge in [-0.05, 0) is 49.2 Å². The Hall–Kier alpha value is -5.78. The second-order valence-electron chi connectivity index (χ2n) is 10.4. The molecule has 0 spiro atoms. The predicted molar refractivity (Wildman–Crippen MR) is 166 cm³/mol. The van der Waals surface area contributed by atoms with Crippen molar-refractivity contribution in [3.8, 4) is 0 Å². The highest BCUT2D eigenvalue weighted by Gasteiger charge is 2.39. The van der Waals surface area contributed by atoms with Gasteiger partial charge in [0.1, 0.15) is 31.8 Å². The summed E-state index contributed by atoms with van der Waals surface area (Å²) >= 11 is 0. The van der Waals surface area contributed by atoms with E-state index in [9.17, 15) is 19.2 Å². The Bertz CT molecular complexity index is 1500. The zero-order chi connectivity index (χ0) is 32.4. The molecular weight excluding hydrogens is 580 g/mol. The molecule has 45 heavy (non-hydrogen) atoms. The van der Waals surface area contributed by atoms with Gasteiger partial charge in [0.25, 0.3) is 0 Å². The fourth-order valence-corrected chi connectivity index (χ4v) is 4.38. The molecule has 0 saturated carbocycles. The van der Waals surface area contributed by atoms with E-state index in [4.69, 9.17) is 41.9 Å². The molecule has 0 heterocycles. The summed E-state index contributed by atoms with van der Waals surface area (Å²) in [6, 6.07) is 18.8. The zero-order valence-electron chi connectivity index (χ0n) is 24.4. The van der Waals surface area contributed by atoms with Crippen LogP contribution in [0.1, 0.15) is 43.9 Å². The van der Waals surface area contributed by atoms with Gasteiger partial charge in [0.05, 0.1) is 22.3 Å². The van der Waals surface area contributed by atoms with Crippen LogP contribution in [-0.2, 0) is 23.7 Å². The Morgan fingerprint density at radius 2 is 0.844 bits per heavy atom. The van der Waals surface area contributed by atoms with Crippen molar-refractivity contribution in [1.82, 2.24) is 0 Å². The molecule has 1 aliphatic carbocycles. The Labute approximate surface area is 259 Å². The van der Waals surface area contributed by atoms with Crippen LogP contribution in [0.4, 0.5) is 17.1 Å². The topological polar surface area (TPSA) is 209 Å². The fraction of sp³-hybridized carbons (Fsp3) is 0.212. The second-order valence-corrected chi connectivity index (χ2v) is 10.4. The largest absolute Gasteiger partial charge is 0.461 e. The number of hydrogen-bond donors (Lipinski definition) is 4. The normalized spacial score (nSPS) is 12.7. The first-order valence-corrected chi connectivity index (χ1v) is 14.0. The van der Waals surface area contributed by atoms with Gasteiger partial charge < -0.3 is 41.9 Å². The molecule has 234 valence electrons. The standard InChI is InChI=1S/C33H34N4O8/c34-25-13-5-1-9-21(25)29(38)42-17-33(18-43-30(39)22-10-2-6-14-26(22)35,19-44-31(40)23-11-3-7-15-27(23)36)20-45-32(41)24-12-4-8-16-28(24)37/h1-3,5-7,9-16H,4,8,17-20,34-37H2. The summed E-state index contributed by atoms with van der Waals surface area (Å²) in [7, 11) is 0. The minimum Gasteiger partial charge on any atom is -0.461 e. The van der Waals surface area contributed by atoms with E-state index in [1.165, 1.54) is 36.4 Å². The maximum Gasteiger partial charge on any atom is 0.340 e. The van der Waals surface area contributed by atoms with Crippen LogP contribution in [0, 0.1) is 5.41 Å². The molecule has 0 aromatic heterocycles. The van der Waals surface area contributed by atoms with E-state index in [0.29, 0.717) is 12.8 Å². The van der Waals surface area contributed by atoms with Crippen molar-refractivity contribution in [2.24, 2.45) is 11.1 Å². The van der Waals surface area contributed by atoms with Gasteiger partial charge in [0.15, 0.2) is 0 Å². The quantitative estimate of drug-likeness (QED) is 0.131. The number of para-hydroxylation sites is 3. The van der Waals surface area contributed by atoms with Crippen molar-refractivity contribution in [1.29, 1.82) is 0 Å². The maximum absolute atomic E-state index is 13.1. The molecule has 3 aromatic carbocycles. The van der Waals surface area contributed by atoms with Gasteiger partial charge in [-0.25, -0.2) is 19.2 Å². The van der Waals surface area contributed by atoms with Gasteiger partial charge in [-0.2, -0.15) is 0 Å². The number of nitrogens with two attached hydrogens (primary N) is 4. The number of hydrogen-bond acceptors (Lipinski definition) is 12. The molecule has 0 fully saturated rings. The van der Waals surface area contributed by atoms with Gasteiger partial charge in [-0.15, -0.1) is 0 Å². The van der Waals surface area contributed by atoms with Crippen LogP contribution in [0.2, 0.25) is 0 Å². The number of carbonyl (C=O) groups excluding carboxylic acids is 4. The summed E-state index contributed by atoms with van der Waals surface area (Å²) in [5.74, 6) is -3.17. The highest BCUT2D eigenvalue weighted by Crippen LogP contribution is 2.26. The van der Waals surface area contributed by atoms with Gasteiger partial charge in [0, 0.05) is 22.8 Å². The summed E-state index contributed by atoms with van der Waals surface area (Å²) < 4.78 is 22.4. The SMILES string of the molecule is NC1=CCCC=C1C(=O)OCC(COC(=O)c1ccccc1N)(COC(=O)c1ccccc1N)COC(=O)c1ccccc1N. The first kappa shape index (κ1) is 32.1. The highest BCUT2D eigenvalue weighted by atomic mass is 16.6. The van der Waals surface area contributed by atoms with Crippen molar-refractivity contribution >= 4 is 40.9 Å². The molecule has 8 N–H and O–H groups in total. The molecular formula is C33H34N4O8. The molecule has 1 aliphatic rings. The summed E-state index contributed by atoms with van der Waals surface area (Å²) in [4.78, 5) is 52.3. The van der Waals surface area contributed by atoms with Crippen LogP contribution in [0.15, 0.2) is 96.2 Å². The number of anilines is 3. The summed E-state index contributed by atoms with van der Waals surface area (Å²) in [5.41, 5.74) is 23.4. The van der Waals surface area contributed by atoms with Crippen molar-refractivity contribution in [2.75, 3.05) is 43.6 Å². The van der Waals surface area contributed by atoms with Crippen LogP contribution in [-0.4, -0.2) is 50.3 Å². The lowest BCUT2D eigenvalue weighted by molar-refractivity contribution is -0.146. The third-order valence-corrected chi connectivity index (χ3v) is 6.99. The lowest BCUT2D eigenvalue weighted by Crippen LogP contribution is -2.44. The van der Waals surface area contributed by atoms with Crippen LogP contribution >= 0.6 is 0 Å². The van der Waals surface area contributed by atoms with Crippen molar-refractivity contribution < 1.29 is 38.1 Å². The van der Waals surface area contributed by atoms with Crippen molar-refractivity contribution in [3.05, 3.63) is 113 Å². The zero-order valence-corrected chi connectivity index (χ0v) is 24.4. The van der Waals surface area contributed by atoms with Gasteiger partial charge in [-0.3, -0.25) is 0 Å². The van der Waals surface area contributed by atoms with Crippen LogP contribution < -0.4 is 22.9 Å². The number of ether oxygens (including phenoxy) is 4. The molecule has 0 aliphatic heterocycles. The fourth-order valence-electron chi connectivity index (χ4n) is 4.38. The van der Waals surface area contributed by atoms with Gasteiger partial charge >= 0.3 is 23.9 Å². The minimum absolute atomic E-state index is 0.0803. The molecule has 0 radical (unpaired) electrons. The van der Waals surface area contributed by atoms with E-state index in [2.05, 4.69) is 0 Å². The van der Waals surface area contributed by atoms with E-state index in [0.717, 1.165) is 0 Å². The first-order valence-electron chi connectivity index (χ1n) is 14.0. The van der Waals surface area contributed by atoms with Gasteiger partial charge in [0.2, 0.25) is 0 Å². The number of allylic oxidation sites excluding steroid dienone is 2. The van der Waals surface area contributed by atoms with E-state index in [1.54, 1.807) is 48.6 Å². The highest BCUT2D eigenvalue weighted by molar-refractivity contribution is 5.96. The molecule has 0 unspecified atom stereocenters. The molecule has 0 amide bonds. The lowest BCUT2D eigenvalue weighted by atomic mass is 9.91. The molecule has 3 aromatic rings. The molecule has 0 atom stereocenters. The van der Waals surface area contributed by atoms with Crippen LogP contribution in [0.5, 0.6) is 0 Å². The summed E-state index contributed by atoms with van der Waals surface area (Å²) in [6.07, 6.45) is 4.60. The Balaban J connectivity index is 1.64. The van der Waals surface area contributed by atoms with E-state index >= 15 is 0 Å². The maximum atomic E-state index is 13.1. The Kier molecular flexibility index (Phi) is 10.4. The third-order valence-electron chi connectivity index (χ3n) is 6.99. The van der Waals surface area contributed by atoms with Crippen molar-refractivity contribution in [3.63, 3.8) is 0 Å². The predicted octanol–water partition coefficient (Wildman–Crippen LogP) is 3.40. The molecule has 12 heteroatoms. The number of rotatable bonds is 12. The summed E-state index contributed by atoms with van der Waals surface area (Å²) in [6.45, 7) is -2.07.